The van der Waals surface area contributed by atoms with Crippen molar-refractivity contribution in [1.82, 2.24) is 0 Å². The lowest BCUT2D eigenvalue weighted by atomic mass is 10.1. The van der Waals surface area contributed by atoms with Gasteiger partial charge in [-0.2, -0.15) is 0 Å². The number of nitrogens with two attached hydrogens (primary N) is 1. The van der Waals surface area contributed by atoms with Gasteiger partial charge in [0.1, 0.15) is 0 Å². The van der Waals surface area contributed by atoms with Crippen molar-refractivity contribution < 1.29 is 14.3 Å². The summed E-state index contributed by atoms with van der Waals surface area (Å²) in [5.74, 6) is 0.215. The lowest BCUT2D eigenvalue weighted by Crippen LogP contribution is -2.14. The van der Waals surface area contributed by atoms with Crippen molar-refractivity contribution in [2.45, 2.75) is 0 Å². The molecular formula is C10H12NO3. The summed E-state index contributed by atoms with van der Waals surface area (Å²) in [4.78, 5) is 11.1. The SMILES string of the molecule is [CH2]c1ccc(OC)c(OC)c1C(N)=O. The van der Waals surface area contributed by atoms with Gasteiger partial charge in [0.25, 0.3) is 5.91 Å². The Morgan fingerprint density at radius 3 is 2.43 bits per heavy atom. The smallest absolute Gasteiger partial charge is 0.252 e. The third kappa shape index (κ3) is 1.64. The first-order valence-electron chi connectivity index (χ1n) is 3.98. The highest BCUT2D eigenvalue weighted by Gasteiger charge is 2.16. The van der Waals surface area contributed by atoms with Crippen LogP contribution in [-0.2, 0) is 0 Å². The molecular weight excluding hydrogens is 182 g/mol. The number of carbonyl (C=O) groups excluding carboxylic acids is 1. The Hall–Kier alpha value is -1.71. The molecule has 0 heterocycles. The molecule has 0 spiro atoms. The zero-order chi connectivity index (χ0) is 10.7. The molecule has 0 atom stereocenters. The molecule has 1 aromatic rings. The van der Waals surface area contributed by atoms with Crippen molar-refractivity contribution in [3.8, 4) is 11.5 Å². The lowest BCUT2D eigenvalue weighted by molar-refractivity contribution is 0.0996. The van der Waals surface area contributed by atoms with Gasteiger partial charge in [0.15, 0.2) is 11.5 Å². The number of carbonyl (C=O) groups is 1. The zero-order valence-electron chi connectivity index (χ0n) is 8.16. The topological polar surface area (TPSA) is 61.6 Å². The quantitative estimate of drug-likeness (QED) is 0.780. The van der Waals surface area contributed by atoms with Crippen LogP contribution in [0, 0.1) is 6.92 Å². The number of hydrogen-bond acceptors (Lipinski definition) is 3. The molecule has 4 heteroatoms. The second-order valence-electron chi connectivity index (χ2n) is 2.70. The molecule has 0 aliphatic carbocycles. The van der Waals surface area contributed by atoms with Crippen molar-refractivity contribution in [1.29, 1.82) is 0 Å². The van der Waals surface area contributed by atoms with E-state index in [0.29, 0.717) is 17.1 Å². The predicted molar refractivity (Wildman–Crippen MR) is 52.5 cm³/mol. The first-order chi connectivity index (χ1) is 6.61. The molecule has 0 aliphatic rings. The predicted octanol–water partition coefficient (Wildman–Crippen LogP) is 0.985. The summed E-state index contributed by atoms with van der Waals surface area (Å²) in [6, 6.07) is 3.33. The van der Waals surface area contributed by atoms with Gasteiger partial charge >= 0.3 is 0 Å². The normalized spacial score (nSPS) is 9.64. The van der Waals surface area contributed by atoms with Crippen molar-refractivity contribution in [2.24, 2.45) is 5.73 Å². The van der Waals surface area contributed by atoms with E-state index in [-0.39, 0.29) is 5.56 Å². The number of hydrogen-bond donors (Lipinski definition) is 1. The van der Waals surface area contributed by atoms with E-state index in [4.69, 9.17) is 15.2 Å². The summed E-state index contributed by atoms with van der Waals surface area (Å²) < 4.78 is 10.1. The van der Waals surface area contributed by atoms with Crippen molar-refractivity contribution >= 4 is 5.91 Å². The molecule has 1 rings (SSSR count). The van der Waals surface area contributed by atoms with Crippen molar-refractivity contribution in [3.05, 3.63) is 30.2 Å². The van der Waals surface area contributed by atoms with E-state index in [0.717, 1.165) is 0 Å². The molecule has 1 amide bonds. The standard InChI is InChI=1S/C10H12NO3/c1-6-4-5-7(13-2)9(14-3)8(6)10(11)12/h4-5H,1H2,2-3H3,(H2,11,12). The summed E-state index contributed by atoms with van der Waals surface area (Å²) in [6.45, 7) is 3.69. The van der Waals surface area contributed by atoms with Gasteiger partial charge in [-0.15, -0.1) is 0 Å². The molecule has 0 saturated heterocycles. The number of ether oxygens (including phenoxy) is 2. The second kappa shape index (κ2) is 4.00. The first-order valence-corrected chi connectivity index (χ1v) is 3.98. The van der Waals surface area contributed by atoms with Crippen LogP contribution in [-0.4, -0.2) is 20.1 Å². The number of methoxy groups -OCH3 is 2. The number of amides is 1. The summed E-state index contributed by atoms with van der Waals surface area (Å²) in [6.07, 6.45) is 0. The maximum atomic E-state index is 11.1. The van der Waals surface area contributed by atoms with E-state index in [9.17, 15) is 4.79 Å². The second-order valence-corrected chi connectivity index (χ2v) is 2.70. The molecule has 0 aromatic heterocycles. The van der Waals surface area contributed by atoms with Gasteiger partial charge in [-0.1, -0.05) is 6.07 Å². The van der Waals surface area contributed by atoms with Gasteiger partial charge in [0, 0.05) is 0 Å². The Balaban J connectivity index is 3.42. The summed E-state index contributed by atoms with van der Waals surface area (Å²) in [7, 11) is 2.94. The Kier molecular flexibility index (Phi) is 2.96. The van der Waals surface area contributed by atoms with Crippen LogP contribution >= 0.6 is 0 Å². The Labute approximate surface area is 82.6 Å². The number of benzene rings is 1. The molecule has 0 saturated carbocycles. The third-order valence-electron chi connectivity index (χ3n) is 1.88. The van der Waals surface area contributed by atoms with Gasteiger partial charge < -0.3 is 15.2 Å². The first kappa shape index (κ1) is 10.4. The minimum atomic E-state index is -0.578. The van der Waals surface area contributed by atoms with E-state index >= 15 is 0 Å². The highest BCUT2D eigenvalue weighted by molar-refractivity contribution is 5.98. The van der Waals surface area contributed by atoms with Gasteiger partial charge in [-0.3, -0.25) is 4.79 Å². The molecule has 0 bridgehead atoms. The number of primary amides is 1. The van der Waals surface area contributed by atoms with Gasteiger partial charge in [-0.25, -0.2) is 0 Å². The third-order valence-corrected chi connectivity index (χ3v) is 1.88. The molecule has 1 aromatic carbocycles. The number of rotatable bonds is 3. The van der Waals surface area contributed by atoms with Crippen LogP contribution in [0.3, 0.4) is 0 Å². The van der Waals surface area contributed by atoms with Crippen LogP contribution in [0.4, 0.5) is 0 Å². The largest absolute Gasteiger partial charge is 0.493 e. The fraction of sp³-hybridized carbons (Fsp3) is 0.200. The van der Waals surface area contributed by atoms with E-state index < -0.39 is 5.91 Å². The van der Waals surface area contributed by atoms with E-state index in [1.54, 1.807) is 12.1 Å². The molecule has 0 aliphatic heterocycles. The van der Waals surface area contributed by atoms with Gasteiger partial charge in [0.2, 0.25) is 0 Å². The Morgan fingerprint density at radius 2 is 2.00 bits per heavy atom. The minimum absolute atomic E-state index is 0.256. The molecule has 4 nitrogen and oxygen atoms in total. The molecule has 75 valence electrons. The fourth-order valence-corrected chi connectivity index (χ4v) is 1.24. The lowest BCUT2D eigenvalue weighted by Gasteiger charge is -2.12. The van der Waals surface area contributed by atoms with E-state index in [2.05, 4.69) is 6.92 Å². The minimum Gasteiger partial charge on any atom is -0.493 e. The Morgan fingerprint density at radius 1 is 1.36 bits per heavy atom. The molecule has 0 fully saturated rings. The highest BCUT2D eigenvalue weighted by atomic mass is 16.5. The molecule has 0 unspecified atom stereocenters. The summed E-state index contributed by atoms with van der Waals surface area (Å²) in [5, 5.41) is 0. The maximum absolute atomic E-state index is 11.1. The van der Waals surface area contributed by atoms with Crippen LogP contribution < -0.4 is 15.2 Å². The molecule has 1 radical (unpaired) electrons. The molecule has 2 N–H and O–H groups in total. The van der Waals surface area contributed by atoms with Crippen molar-refractivity contribution in [3.63, 3.8) is 0 Å². The average molecular weight is 194 g/mol. The maximum Gasteiger partial charge on any atom is 0.252 e. The Bertz CT molecular complexity index is 361. The van der Waals surface area contributed by atoms with E-state index in [1.165, 1.54) is 14.2 Å². The van der Waals surface area contributed by atoms with Crippen molar-refractivity contribution in [2.75, 3.05) is 14.2 Å². The van der Waals surface area contributed by atoms with Crippen LogP contribution in [0.2, 0.25) is 0 Å². The average Bonchev–Trinajstić information content (AvgIpc) is 2.16. The van der Waals surface area contributed by atoms with Crippen LogP contribution in [0.25, 0.3) is 0 Å². The highest BCUT2D eigenvalue weighted by Crippen LogP contribution is 2.32. The van der Waals surface area contributed by atoms with Crippen LogP contribution in [0.1, 0.15) is 15.9 Å². The molecule has 14 heavy (non-hydrogen) atoms. The van der Waals surface area contributed by atoms with Crippen LogP contribution in [0.15, 0.2) is 12.1 Å². The van der Waals surface area contributed by atoms with Crippen LogP contribution in [0.5, 0.6) is 11.5 Å². The van der Waals surface area contributed by atoms with Gasteiger partial charge in [0.05, 0.1) is 19.8 Å². The zero-order valence-corrected chi connectivity index (χ0v) is 8.16. The summed E-state index contributed by atoms with van der Waals surface area (Å²) >= 11 is 0. The van der Waals surface area contributed by atoms with Gasteiger partial charge in [-0.05, 0) is 18.6 Å². The van der Waals surface area contributed by atoms with E-state index in [1.807, 2.05) is 0 Å². The summed E-state index contributed by atoms with van der Waals surface area (Å²) in [5.41, 5.74) is 5.98. The monoisotopic (exact) mass is 194 g/mol. The fourth-order valence-electron chi connectivity index (χ4n) is 1.24.